The minimum Gasteiger partial charge on any atom is -0.548 e. The third-order valence-electron chi connectivity index (χ3n) is 5.08. The van der Waals surface area contributed by atoms with Gasteiger partial charge in [-0.1, -0.05) is 0 Å². The van der Waals surface area contributed by atoms with Gasteiger partial charge in [-0.15, -0.1) is 0 Å². The predicted molar refractivity (Wildman–Crippen MR) is 111 cm³/mol. The number of carboxylic acids is 1. The SMILES string of the molecule is CCOc1cc(OC2CCN(C)CC2)cc(C(Nc2ccc(C#N)cc2)C(=O)[O-])c1. The fourth-order valence-corrected chi connectivity index (χ4v) is 3.46. The normalized spacial score (nSPS) is 15.8. The van der Waals surface area contributed by atoms with Gasteiger partial charge in [0.25, 0.3) is 0 Å². The number of carboxylic acid groups (broad SMARTS) is 1. The van der Waals surface area contributed by atoms with E-state index in [2.05, 4.69) is 17.3 Å². The summed E-state index contributed by atoms with van der Waals surface area (Å²) in [4.78, 5) is 14.2. The Balaban J connectivity index is 1.85. The molecule has 0 aliphatic carbocycles. The van der Waals surface area contributed by atoms with E-state index >= 15 is 0 Å². The summed E-state index contributed by atoms with van der Waals surface area (Å²) in [7, 11) is 2.09. The highest BCUT2D eigenvalue weighted by Crippen LogP contribution is 2.30. The zero-order valence-corrected chi connectivity index (χ0v) is 17.3. The van der Waals surface area contributed by atoms with Gasteiger partial charge in [0.1, 0.15) is 17.6 Å². The van der Waals surface area contributed by atoms with Gasteiger partial charge in [-0.2, -0.15) is 5.26 Å². The van der Waals surface area contributed by atoms with Crippen LogP contribution in [-0.2, 0) is 4.79 Å². The number of nitrogens with zero attached hydrogens (tertiary/aromatic N) is 2. The number of benzene rings is 2. The Kier molecular flexibility index (Phi) is 7.15. The van der Waals surface area contributed by atoms with Crippen LogP contribution in [0.4, 0.5) is 5.69 Å². The van der Waals surface area contributed by atoms with Crippen LogP contribution in [0.5, 0.6) is 11.5 Å². The molecule has 0 radical (unpaired) electrons. The van der Waals surface area contributed by atoms with Crippen molar-refractivity contribution in [3.05, 3.63) is 53.6 Å². The first kappa shape index (κ1) is 21.5. The third-order valence-corrected chi connectivity index (χ3v) is 5.08. The van der Waals surface area contributed by atoms with E-state index in [4.69, 9.17) is 14.7 Å². The number of carbonyl (C=O) groups is 1. The molecule has 1 atom stereocenters. The summed E-state index contributed by atoms with van der Waals surface area (Å²) in [6.45, 7) is 4.25. The molecule has 1 fully saturated rings. The van der Waals surface area contributed by atoms with Crippen molar-refractivity contribution in [1.29, 1.82) is 5.26 Å². The maximum atomic E-state index is 11.9. The third kappa shape index (κ3) is 5.65. The molecule has 1 aliphatic rings. The van der Waals surface area contributed by atoms with Crippen LogP contribution in [0.1, 0.15) is 36.9 Å². The van der Waals surface area contributed by atoms with E-state index in [0.717, 1.165) is 25.9 Å². The lowest BCUT2D eigenvalue weighted by Gasteiger charge is -2.30. The molecule has 1 aliphatic heterocycles. The van der Waals surface area contributed by atoms with Gasteiger partial charge in [0.2, 0.25) is 0 Å². The van der Waals surface area contributed by atoms with Crippen LogP contribution in [0.3, 0.4) is 0 Å². The number of hydrogen-bond acceptors (Lipinski definition) is 7. The number of rotatable bonds is 8. The summed E-state index contributed by atoms with van der Waals surface area (Å²) in [6.07, 6.45) is 1.91. The van der Waals surface area contributed by atoms with Crippen LogP contribution >= 0.6 is 0 Å². The maximum Gasteiger partial charge on any atom is 0.123 e. The molecule has 2 aromatic carbocycles. The smallest absolute Gasteiger partial charge is 0.123 e. The van der Waals surface area contributed by atoms with Gasteiger partial charge in [0.05, 0.1) is 30.3 Å². The van der Waals surface area contributed by atoms with Gasteiger partial charge in [-0.05, 0) is 68.8 Å². The summed E-state index contributed by atoms with van der Waals surface area (Å²) in [5.74, 6) is -0.137. The summed E-state index contributed by atoms with van der Waals surface area (Å²) in [6, 6.07) is 12.7. The maximum absolute atomic E-state index is 11.9. The molecule has 3 rings (SSSR count). The first-order valence-electron chi connectivity index (χ1n) is 10.1. The second kappa shape index (κ2) is 9.99. The predicted octanol–water partition coefficient (Wildman–Crippen LogP) is 2.33. The number of anilines is 1. The van der Waals surface area contributed by atoms with Gasteiger partial charge in [0.15, 0.2) is 0 Å². The van der Waals surface area contributed by atoms with E-state index in [9.17, 15) is 9.90 Å². The molecule has 0 saturated carbocycles. The molecule has 0 aromatic heterocycles. The molecule has 0 spiro atoms. The zero-order valence-electron chi connectivity index (χ0n) is 17.3. The number of carbonyl (C=O) groups excluding carboxylic acids is 1. The number of ether oxygens (including phenoxy) is 2. The lowest BCUT2D eigenvalue weighted by atomic mass is 10.0. The van der Waals surface area contributed by atoms with E-state index in [1.807, 2.05) is 13.0 Å². The van der Waals surface area contributed by atoms with Gasteiger partial charge in [-0.3, -0.25) is 0 Å². The van der Waals surface area contributed by atoms with Crippen molar-refractivity contribution < 1.29 is 19.4 Å². The van der Waals surface area contributed by atoms with E-state index in [0.29, 0.717) is 34.9 Å². The van der Waals surface area contributed by atoms with Crippen molar-refractivity contribution in [2.45, 2.75) is 31.9 Å². The monoisotopic (exact) mass is 408 g/mol. The van der Waals surface area contributed by atoms with E-state index in [1.165, 1.54) is 0 Å². The van der Waals surface area contributed by atoms with Crippen molar-refractivity contribution in [2.24, 2.45) is 0 Å². The molecular formula is C23H26N3O4-. The Morgan fingerprint density at radius 2 is 1.90 bits per heavy atom. The molecule has 1 N–H and O–H groups in total. The average Bonchev–Trinajstić information content (AvgIpc) is 2.74. The summed E-state index contributed by atoms with van der Waals surface area (Å²) >= 11 is 0. The van der Waals surface area contributed by atoms with Crippen molar-refractivity contribution >= 4 is 11.7 Å². The topological polar surface area (TPSA) is 97.7 Å². The van der Waals surface area contributed by atoms with Crippen LogP contribution in [0.25, 0.3) is 0 Å². The molecule has 0 amide bonds. The van der Waals surface area contributed by atoms with Gasteiger partial charge in [-0.25, -0.2) is 0 Å². The van der Waals surface area contributed by atoms with Gasteiger partial charge < -0.3 is 29.6 Å². The minimum atomic E-state index is -1.27. The number of nitriles is 1. The lowest BCUT2D eigenvalue weighted by molar-refractivity contribution is -0.307. The molecule has 7 heteroatoms. The van der Waals surface area contributed by atoms with Crippen molar-refractivity contribution in [3.8, 4) is 17.6 Å². The number of nitrogens with one attached hydrogen (secondary N) is 1. The Morgan fingerprint density at radius 1 is 1.23 bits per heavy atom. The van der Waals surface area contributed by atoms with E-state index in [-0.39, 0.29) is 6.10 Å². The lowest BCUT2D eigenvalue weighted by Crippen LogP contribution is -2.36. The van der Waals surface area contributed by atoms with Crippen molar-refractivity contribution in [3.63, 3.8) is 0 Å². The quantitative estimate of drug-likeness (QED) is 0.716. The van der Waals surface area contributed by atoms with Crippen LogP contribution in [0, 0.1) is 11.3 Å². The number of likely N-dealkylation sites (tertiary alicyclic amines) is 1. The largest absolute Gasteiger partial charge is 0.548 e. The van der Waals surface area contributed by atoms with E-state index in [1.54, 1.807) is 42.5 Å². The number of hydrogen-bond donors (Lipinski definition) is 1. The van der Waals surface area contributed by atoms with Crippen molar-refractivity contribution in [2.75, 3.05) is 32.1 Å². The Hall–Kier alpha value is -3.24. The molecule has 1 unspecified atom stereocenters. The molecule has 1 saturated heterocycles. The Morgan fingerprint density at radius 3 is 2.50 bits per heavy atom. The van der Waals surface area contributed by atoms with Crippen LogP contribution in [0.2, 0.25) is 0 Å². The first-order chi connectivity index (χ1) is 14.5. The Labute approximate surface area is 176 Å². The van der Waals surface area contributed by atoms with E-state index < -0.39 is 12.0 Å². The summed E-state index contributed by atoms with van der Waals surface area (Å²) in [5, 5.41) is 23.8. The second-order valence-electron chi connectivity index (χ2n) is 7.38. The van der Waals surface area contributed by atoms with Crippen LogP contribution in [-0.4, -0.2) is 43.7 Å². The fourth-order valence-electron chi connectivity index (χ4n) is 3.46. The van der Waals surface area contributed by atoms with Crippen molar-refractivity contribution in [1.82, 2.24) is 4.90 Å². The number of aliphatic carboxylic acids is 1. The highest BCUT2D eigenvalue weighted by Gasteiger charge is 2.20. The standard InChI is InChI=1S/C23H27N3O4/c1-3-29-20-12-17(13-21(14-20)30-19-8-10-26(2)11-9-19)22(23(27)28)25-18-6-4-16(15-24)5-7-18/h4-7,12-14,19,22,25H,3,8-11H2,1-2H3,(H,27,28)/p-1. The van der Waals surface area contributed by atoms with Gasteiger partial charge in [0, 0.05) is 24.8 Å². The summed E-state index contributed by atoms with van der Waals surface area (Å²) < 4.78 is 11.8. The fraction of sp³-hybridized carbons (Fsp3) is 0.391. The molecule has 2 aromatic rings. The molecule has 30 heavy (non-hydrogen) atoms. The van der Waals surface area contributed by atoms with Crippen LogP contribution in [0.15, 0.2) is 42.5 Å². The van der Waals surface area contributed by atoms with Crippen LogP contribution < -0.4 is 19.9 Å². The highest BCUT2D eigenvalue weighted by molar-refractivity contribution is 5.78. The molecule has 0 bridgehead atoms. The molecule has 7 nitrogen and oxygen atoms in total. The molecule has 158 valence electrons. The summed E-state index contributed by atoms with van der Waals surface area (Å²) in [5.41, 5.74) is 1.55. The minimum absolute atomic E-state index is 0.0822. The average molecular weight is 408 g/mol. The first-order valence-corrected chi connectivity index (χ1v) is 10.1. The van der Waals surface area contributed by atoms with Gasteiger partial charge >= 0.3 is 0 Å². The second-order valence-corrected chi connectivity index (χ2v) is 7.38. The zero-order chi connectivity index (χ0) is 21.5. The highest BCUT2D eigenvalue weighted by atomic mass is 16.5. The molecular weight excluding hydrogens is 382 g/mol. The Bertz CT molecular complexity index is 900. The molecule has 1 heterocycles. The number of piperidine rings is 1.